The molecule has 1 N–H and O–H groups in total. The monoisotopic (exact) mass is 491 g/mol. The highest BCUT2D eigenvalue weighted by molar-refractivity contribution is 14.1. The van der Waals surface area contributed by atoms with Gasteiger partial charge >= 0.3 is 0 Å². The van der Waals surface area contributed by atoms with Crippen LogP contribution in [0.25, 0.3) is 5.69 Å². The Balaban J connectivity index is 2.05. The molecule has 0 amide bonds. The second kappa shape index (κ2) is 6.65. The zero-order valence-corrected chi connectivity index (χ0v) is 15.7. The van der Waals surface area contributed by atoms with E-state index in [1.165, 1.54) is 23.0 Å². The summed E-state index contributed by atoms with van der Waals surface area (Å²) < 4.78 is 17.9. The summed E-state index contributed by atoms with van der Waals surface area (Å²) in [6, 6.07) is 4.35. The van der Waals surface area contributed by atoms with E-state index in [9.17, 15) is 9.50 Å². The average molecular weight is 492 g/mol. The highest BCUT2D eigenvalue weighted by atomic mass is 127. The fourth-order valence-electron chi connectivity index (χ4n) is 2.22. The standard InChI is InChI=1S/C14H12BrFIN5O/c1-2-21-14(15)9(6-19-21)13(23)12-7-18-20-22(12)11-4-3-8(16)5-10(11)17/h3-7,13,23H,2H2,1H3. The highest BCUT2D eigenvalue weighted by Crippen LogP contribution is 2.30. The maximum absolute atomic E-state index is 13.3. The maximum Gasteiger partial charge on any atom is 0.127 e. The van der Waals surface area contributed by atoms with Crippen LogP contribution in [0.15, 0.2) is 35.2 Å². The molecule has 0 aliphatic heterocycles. The van der Waals surface area contributed by atoms with Gasteiger partial charge < -0.3 is 5.11 Å². The summed E-state index contributed by atoms with van der Waals surface area (Å²) in [7, 11) is 0. The Kier molecular flexibility index (Phi) is 4.78. The number of hydrogen-bond acceptors (Lipinski definition) is 4. The van der Waals surface area contributed by atoms with Gasteiger partial charge in [0.25, 0.3) is 0 Å². The molecular weight excluding hydrogens is 480 g/mol. The van der Waals surface area contributed by atoms with Gasteiger partial charge in [0.1, 0.15) is 16.5 Å². The second-order valence-electron chi connectivity index (χ2n) is 4.78. The fraction of sp³-hybridized carbons (Fsp3) is 0.214. The van der Waals surface area contributed by atoms with Crippen molar-refractivity contribution in [3.05, 3.63) is 55.8 Å². The van der Waals surface area contributed by atoms with Crippen molar-refractivity contribution in [2.45, 2.75) is 19.6 Å². The lowest BCUT2D eigenvalue weighted by molar-refractivity contribution is 0.211. The molecule has 2 aromatic heterocycles. The van der Waals surface area contributed by atoms with Gasteiger partial charge in [-0.15, -0.1) is 5.10 Å². The molecule has 0 bridgehead atoms. The Hall–Kier alpha value is -1.33. The van der Waals surface area contributed by atoms with E-state index in [-0.39, 0.29) is 5.82 Å². The minimum atomic E-state index is -0.958. The number of benzene rings is 1. The molecule has 0 saturated carbocycles. The Labute approximate surface area is 153 Å². The normalized spacial score (nSPS) is 12.6. The van der Waals surface area contributed by atoms with Gasteiger partial charge in [0.2, 0.25) is 0 Å². The summed E-state index contributed by atoms with van der Waals surface area (Å²) >= 11 is 5.46. The Morgan fingerprint density at radius 2 is 2.17 bits per heavy atom. The molecule has 0 aliphatic carbocycles. The minimum absolute atomic E-state index is 0.327. The first-order valence-corrected chi connectivity index (χ1v) is 8.65. The zero-order valence-electron chi connectivity index (χ0n) is 12.0. The lowest BCUT2D eigenvalue weighted by Crippen LogP contribution is -2.10. The number of aryl methyl sites for hydroxylation is 1. The number of nitrogens with zero attached hydrogens (tertiary/aromatic N) is 5. The second-order valence-corrected chi connectivity index (χ2v) is 6.69. The SMILES string of the molecule is CCn1ncc(C(O)c2cnnn2-c2ccc(F)cc2I)c1Br. The van der Waals surface area contributed by atoms with Gasteiger partial charge in [-0.05, 0) is 63.6 Å². The summed E-state index contributed by atoms with van der Waals surface area (Å²) in [5.74, 6) is -0.327. The highest BCUT2D eigenvalue weighted by Gasteiger charge is 2.23. The van der Waals surface area contributed by atoms with Crippen LogP contribution in [0.2, 0.25) is 0 Å². The molecule has 120 valence electrons. The largest absolute Gasteiger partial charge is 0.382 e. The number of halogens is 3. The van der Waals surface area contributed by atoms with Crippen molar-refractivity contribution < 1.29 is 9.50 Å². The van der Waals surface area contributed by atoms with Gasteiger partial charge in [-0.25, -0.2) is 9.07 Å². The van der Waals surface area contributed by atoms with Crippen LogP contribution in [0.3, 0.4) is 0 Å². The van der Waals surface area contributed by atoms with Crippen LogP contribution in [0.1, 0.15) is 24.3 Å². The van der Waals surface area contributed by atoms with Gasteiger partial charge in [-0.2, -0.15) is 5.10 Å². The number of rotatable bonds is 4. The number of aliphatic hydroxyl groups is 1. The molecule has 9 heteroatoms. The smallest absolute Gasteiger partial charge is 0.127 e. The molecule has 1 unspecified atom stereocenters. The summed E-state index contributed by atoms with van der Waals surface area (Å²) in [6.07, 6.45) is 2.13. The first-order valence-electron chi connectivity index (χ1n) is 6.78. The fourth-order valence-corrected chi connectivity index (χ4v) is 3.59. The van der Waals surface area contributed by atoms with E-state index in [0.29, 0.717) is 31.7 Å². The average Bonchev–Trinajstić information content (AvgIpc) is 3.13. The Morgan fingerprint density at radius 3 is 2.83 bits per heavy atom. The molecule has 0 fully saturated rings. The number of aliphatic hydroxyl groups excluding tert-OH is 1. The van der Waals surface area contributed by atoms with E-state index < -0.39 is 6.10 Å². The van der Waals surface area contributed by atoms with Crippen LogP contribution < -0.4 is 0 Å². The van der Waals surface area contributed by atoms with Gasteiger partial charge in [0, 0.05) is 15.7 Å². The summed E-state index contributed by atoms with van der Waals surface area (Å²) in [5.41, 5.74) is 1.75. The van der Waals surface area contributed by atoms with Crippen LogP contribution in [0.5, 0.6) is 0 Å². The molecule has 2 heterocycles. The van der Waals surface area contributed by atoms with Crippen molar-refractivity contribution in [2.24, 2.45) is 0 Å². The zero-order chi connectivity index (χ0) is 16.6. The quantitative estimate of drug-likeness (QED) is 0.569. The van der Waals surface area contributed by atoms with Crippen LogP contribution in [0.4, 0.5) is 4.39 Å². The van der Waals surface area contributed by atoms with Crippen LogP contribution in [0, 0.1) is 9.39 Å². The molecule has 0 radical (unpaired) electrons. The third kappa shape index (κ3) is 3.04. The van der Waals surface area contributed by atoms with Gasteiger partial charge in [-0.3, -0.25) is 4.68 Å². The Bertz CT molecular complexity index is 850. The molecule has 0 spiro atoms. The van der Waals surface area contributed by atoms with E-state index in [0.717, 1.165) is 0 Å². The van der Waals surface area contributed by atoms with E-state index in [1.54, 1.807) is 16.9 Å². The predicted octanol–water partition coefficient (Wildman–Crippen LogP) is 3.07. The van der Waals surface area contributed by atoms with E-state index >= 15 is 0 Å². The topological polar surface area (TPSA) is 68.8 Å². The van der Waals surface area contributed by atoms with Gasteiger partial charge in [0.15, 0.2) is 0 Å². The van der Waals surface area contributed by atoms with E-state index in [1.807, 2.05) is 29.5 Å². The van der Waals surface area contributed by atoms with Crippen molar-refractivity contribution in [1.82, 2.24) is 24.8 Å². The first-order chi connectivity index (χ1) is 11.0. The number of aromatic nitrogens is 5. The van der Waals surface area contributed by atoms with Crippen molar-refractivity contribution in [2.75, 3.05) is 0 Å². The predicted molar refractivity (Wildman–Crippen MR) is 93.7 cm³/mol. The van der Waals surface area contributed by atoms with Crippen LogP contribution in [-0.4, -0.2) is 29.9 Å². The molecule has 1 atom stereocenters. The third-order valence-corrected chi connectivity index (χ3v) is 5.12. The molecule has 0 saturated heterocycles. The molecular formula is C14H12BrFIN5O. The van der Waals surface area contributed by atoms with Crippen molar-refractivity contribution in [1.29, 1.82) is 0 Å². The molecule has 23 heavy (non-hydrogen) atoms. The van der Waals surface area contributed by atoms with Crippen molar-refractivity contribution >= 4 is 38.5 Å². The molecule has 1 aromatic carbocycles. The van der Waals surface area contributed by atoms with Crippen LogP contribution >= 0.6 is 38.5 Å². The lowest BCUT2D eigenvalue weighted by Gasteiger charge is -2.13. The molecule has 6 nitrogen and oxygen atoms in total. The van der Waals surface area contributed by atoms with Crippen LogP contribution in [-0.2, 0) is 6.54 Å². The lowest BCUT2D eigenvalue weighted by atomic mass is 10.1. The summed E-state index contributed by atoms with van der Waals surface area (Å²) in [6.45, 7) is 2.64. The molecule has 0 aliphatic rings. The van der Waals surface area contributed by atoms with Gasteiger partial charge in [0.05, 0.1) is 23.8 Å². The summed E-state index contributed by atoms with van der Waals surface area (Å²) in [5, 5.41) is 22.8. The Morgan fingerprint density at radius 1 is 1.39 bits per heavy atom. The first kappa shape index (κ1) is 16.5. The minimum Gasteiger partial charge on any atom is -0.382 e. The molecule has 3 rings (SSSR count). The van der Waals surface area contributed by atoms with Crippen molar-refractivity contribution in [3.63, 3.8) is 0 Å². The maximum atomic E-state index is 13.3. The molecule has 3 aromatic rings. The van der Waals surface area contributed by atoms with E-state index in [2.05, 4.69) is 31.3 Å². The number of hydrogen-bond donors (Lipinski definition) is 1. The van der Waals surface area contributed by atoms with E-state index in [4.69, 9.17) is 0 Å². The third-order valence-electron chi connectivity index (χ3n) is 3.39. The van der Waals surface area contributed by atoms with Crippen molar-refractivity contribution in [3.8, 4) is 5.69 Å². The summed E-state index contributed by atoms with van der Waals surface area (Å²) in [4.78, 5) is 0. The van der Waals surface area contributed by atoms with Gasteiger partial charge in [-0.1, -0.05) is 5.21 Å².